The summed E-state index contributed by atoms with van der Waals surface area (Å²) in [5.74, 6) is 0. The van der Waals surface area contributed by atoms with Crippen molar-refractivity contribution in [3.63, 3.8) is 0 Å². The second-order valence-electron chi connectivity index (χ2n) is 10.8. The van der Waals surface area contributed by atoms with Crippen LogP contribution in [0.15, 0.2) is 152 Å². The van der Waals surface area contributed by atoms with Crippen LogP contribution in [0.1, 0.15) is 29.0 Å². The van der Waals surface area contributed by atoms with E-state index >= 15 is 0 Å². The molecule has 3 nitrogen and oxygen atoms in total. The van der Waals surface area contributed by atoms with Crippen molar-refractivity contribution >= 4 is 32.3 Å². The Morgan fingerprint density at radius 1 is 0.524 bits per heavy atom. The molecule has 4 N–H and O–H groups in total. The number of nitrogens with one attached hydrogen (secondary N) is 2. The maximum atomic E-state index is 6.85. The largest absolute Gasteiger partial charge is 0.312 e. The molecule has 2 unspecified atom stereocenters. The summed E-state index contributed by atoms with van der Waals surface area (Å²) in [5, 5.41) is 15.1. The average Bonchev–Trinajstić information content (AvgIpc) is 3.06. The highest BCUT2D eigenvalue weighted by atomic mass is 15.2. The Morgan fingerprint density at radius 3 is 1.98 bits per heavy atom. The Bertz CT molecular complexity index is 1980. The second kappa shape index (κ2) is 11.6. The summed E-state index contributed by atoms with van der Waals surface area (Å²) in [4.78, 5) is 0. The first-order valence-corrected chi connectivity index (χ1v) is 14.5. The third-order valence-corrected chi connectivity index (χ3v) is 8.20. The SMILES string of the molecule is NC(NC(NCc1ccccc1-c1ccccc1)c1c2ccccc2cc2c1ccc1ccccc12)c1ccccc1. The number of rotatable bonds is 8. The van der Waals surface area contributed by atoms with Crippen molar-refractivity contribution in [2.75, 3.05) is 0 Å². The van der Waals surface area contributed by atoms with Crippen LogP contribution in [-0.2, 0) is 6.54 Å². The highest BCUT2D eigenvalue weighted by molar-refractivity contribution is 6.14. The molecule has 0 spiro atoms. The molecule has 3 heteroatoms. The van der Waals surface area contributed by atoms with Crippen LogP contribution in [0.2, 0.25) is 0 Å². The molecule has 0 fully saturated rings. The van der Waals surface area contributed by atoms with Crippen LogP contribution in [0.3, 0.4) is 0 Å². The maximum absolute atomic E-state index is 6.85. The zero-order valence-electron chi connectivity index (χ0n) is 23.4. The highest BCUT2D eigenvalue weighted by Gasteiger charge is 2.22. The van der Waals surface area contributed by atoms with E-state index in [1.54, 1.807) is 0 Å². The van der Waals surface area contributed by atoms with Crippen LogP contribution < -0.4 is 16.4 Å². The molecule has 0 radical (unpaired) electrons. The van der Waals surface area contributed by atoms with E-state index in [4.69, 9.17) is 5.73 Å². The van der Waals surface area contributed by atoms with E-state index in [1.807, 2.05) is 18.2 Å². The molecule has 7 aromatic rings. The Balaban J connectivity index is 1.38. The van der Waals surface area contributed by atoms with E-state index in [0.29, 0.717) is 6.54 Å². The summed E-state index contributed by atoms with van der Waals surface area (Å²) >= 11 is 0. The minimum Gasteiger partial charge on any atom is -0.312 e. The normalized spacial score (nSPS) is 13.0. The molecule has 0 aliphatic carbocycles. The molecule has 42 heavy (non-hydrogen) atoms. The van der Waals surface area contributed by atoms with Crippen molar-refractivity contribution < 1.29 is 0 Å². The predicted octanol–water partition coefficient (Wildman–Crippen LogP) is 8.85. The van der Waals surface area contributed by atoms with Gasteiger partial charge in [0.25, 0.3) is 0 Å². The van der Waals surface area contributed by atoms with E-state index in [1.165, 1.54) is 54.6 Å². The molecular formula is C39H33N3. The van der Waals surface area contributed by atoms with Gasteiger partial charge in [-0.3, -0.25) is 10.6 Å². The summed E-state index contributed by atoms with van der Waals surface area (Å²) in [6, 6.07) is 53.6. The molecular weight excluding hydrogens is 510 g/mol. The molecule has 0 saturated carbocycles. The van der Waals surface area contributed by atoms with Crippen molar-refractivity contribution in [2.24, 2.45) is 5.73 Å². The zero-order chi connectivity index (χ0) is 28.3. The molecule has 7 aromatic carbocycles. The van der Waals surface area contributed by atoms with E-state index in [-0.39, 0.29) is 12.3 Å². The van der Waals surface area contributed by atoms with Gasteiger partial charge in [-0.25, -0.2) is 0 Å². The van der Waals surface area contributed by atoms with Gasteiger partial charge in [0.2, 0.25) is 0 Å². The summed E-state index contributed by atoms with van der Waals surface area (Å²) in [6.45, 7) is 0.669. The number of benzene rings is 7. The summed E-state index contributed by atoms with van der Waals surface area (Å²) < 4.78 is 0. The third-order valence-electron chi connectivity index (χ3n) is 8.20. The number of fused-ring (bicyclic) bond motifs is 4. The first-order valence-electron chi connectivity index (χ1n) is 14.5. The van der Waals surface area contributed by atoms with Gasteiger partial charge in [0.1, 0.15) is 0 Å². The molecule has 0 aliphatic rings. The number of hydrogen-bond donors (Lipinski definition) is 3. The van der Waals surface area contributed by atoms with Crippen molar-refractivity contribution in [1.82, 2.24) is 10.6 Å². The van der Waals surface area contributed by atoms with Crippen molar-refractivity contribution in [1.29, 1.82) is 0 Å². The molecule has 0 bridgehead atoms. The third kappa shape index (κ3) is 5.06. The Hall–Kier alpha value is -4.80. The predicted molar refractivity (Wildman–Crippen MR) is 177 cm³/mol. The monoisotopic (exact) mass is 543 g/mol. The lowest BCUT2D eigenvalue weighted by molar-refractivity contribution is 0.390. The Labute approximate surface area is 246 Å². The van der Waals surface area contributed by atoms with Crippen LogP contribution in [-0.4, -0.2) is 0 Å². The first-order chi connectivity index (χ1) is 20.8. The number of hydrogen-bond acceptors (Lipinski definition) is 3. The van der Waals surface area contributed by atoms with Crippen LogP contribution in [0.4, 0.5) is 0 Å². The smallest absolute Gasteiger partial charge is 0.0864 e. The zero-order valence-corrected chi connectivity index (χ0v) is 23.4. The molecule has 0 amide bonds. The first kappa shape index (κ1) is 26.1. The number of nitrogens with two attached hydrogens (primary N) is 1. The average molecular weight is 544 g/mol. The van der Waals surface area contributed by atoms with E-state index in [2.05, 4.69) is 144 Å². The van der Waals surface area contributed by atoms with Crippen LogP contribution in [0.25, 0.3) is 43.4 Å². The lowest BCUT2D eigenvalue weighted by Crippen LogP contribution is -2.40. The molecule has 2 atom stereocenters. The van der Waals surface area contributed by atoms with Gasteiger partial charge in [0.15, 0.2) is 0 Å². The molecule has 7 rings (SSSR count). The van der Waals surface area contributed by atoms with Crippen molar-refractivity contribution in [2.45, 2.75) is 18.9 Å². The maximum Gasteiger partial charge on any atom is 0.0864 e. The van der Waals surface area contributed by atoms with Crippen LogP contribution >= 0.6 is 0 Å². The Morgan fingerprint density at radius 2 is 1.17 bits per heavy atom. The van der Waals surface area contributed by atoms with Gasteiger partial charge in [0.05, 0.1) is 12.3 Å². The van der Waals surface area contributed by atoms with Gasteiger partial charge in [-0.15, -0.1) is 0 Å². The topological polar surface area (TPSA) is 50.1 Å². The van der Waals surface area contributed by atoms with Gasteiger partial charge < -0.3 is 5.73 Å². The van der Waals surface area contributed by atoms with E-state index in [0.717, 1.165) is 5.56 Å². The van der Waals surface area contributed by atoms with E-state index < -0.39 is 0 Å². The second-order valence-corrected chi connectivity index (χ2v) is 10.8. The highest BCUT2D eigenvalue weighted by Crippen LogP contribution is 2.37. The van der Waals surface area contributed by atoms with Crippen molar-refractivity contribution in [3.05, 3.63) is 168 Å². The van der Waals surface area contributed by atoms with Gasteiger partial charge in [-0.1, -0.05) is 146 Å². The standard InChI is InChI=1S/C39H33N3/c40-38(29-16-5-2-6-17-29)42-39(41-26-31-19-9-10-20-32(31)27-13-3-1-4-14-27)37-34-22-12-8-18-30(34)25-36-33-21-11-7-15-28(33)23-24-35(36)37/h1-25,38-39,41-42H,26,40H2. The van der Waals surface area contributed by atoms with Crippen LogP contribution in [0, 0.1) is 0 Å². The van der Waals surface area contributed by atoms with Gasteiger partial charge in [-0.2, -0.15) is 0 Å². The summed E-state index contributed by atoms with van der Waals surface area (Å²) in [7, 11) is 0. The minimum absolute atomic E-state index is 0.223. The fourth-order valence-electron chi connectivity index (χ4n) is 6.13. The fourth-order valence-corrected chi connectivity index (χ4v) is 6.13. The van der Waals surface area contributed by atoms with Gasteiger partial charge in [0, 0.05) is 6.54 Å². The lowest BCUT2D eigenvalue weighted by Gasteiger charge is -2.28. The molecule has 0 aliphatic heterocycles. The van der Waals surface area contributed by atoms with Crippen LogP contribution in [0.5, 0.6) is 0 Å². The van der Waals surface area contributed by atoms with Gasteiger partial charge in [-0.05, 0) is 66.2 Å². The Kier molecular flexibility index (Phi) is 7.21. The quantitative estimate of drug-likeness (QED) is 0.102. The lowest BCUT2D eigenvalue weighted by atomic mass is 9.91. The fraction of sp³-hybridized carbons (Fsp3) is 0.0769. The minimum atomic E-state index is -0.359. The van der Waals surface area contributed by atoms with E-state index in [9.17, 15) is 0 Å². The molecule has 204 valence electrons. The molecule has 0 heterocycles. The molecule has 0 aromatic heterocycles. The van der Waals surface area contributed by atoms with Gasteiger partial charge >= 0.3 is 0 Å². The summed E-state index contributed by atoms with van der Waals surface area (Å²) in [5.41, 5.74) is 12.8. The van der Waals surface area contributed by atoms with Crippen molar-refractivity contribution in [3.8, 4) is 11.1 Å². The molecule has 0 saturated heterocycles. The summed E-state index contributed by atoms with van der Waals surface area (Å²) in [6.07, 6.45) is -0.582.